The molecule has 0 bridgehead atoms. The number of hydrogen-bond acceptors (Lipinski definition) is 4. The Hall–Kier alpha value is -1.62. The SMILES string of the molecule is COC(=O)C(O)c1ccc(N(C)C)c(F)c1. The van der Waals surface area contributed by atoms with Gasteiger partial charge in [0.25, 0.3) is 0 Å². The zero-order chi connectivity index (χ0) is 12.3. The fourth-order valence-corrected chi connectivity index (χ4v) is 1.30. The Balaban J connectivity index is 3.01. The van der Waals surface area contributed by atoms with Crippen LogP contribution in [0.15, 0.2) is 18.2 Å². The number of aliphatic hydroxyl groups is 1. The first-order valence-corrected chi connectivity index (χ1v) is 4.70. The molecule has 0 spiro atoms. The molecule has 0 amide bonds. The Morgan fingerprint density at radius 2 is 2.12 bits per heavy atom. The molecule has 0 aliphatic rings. The minimum Gasteiger partial charge on any atom is -0.467 e. The molecule has 1 aromatic carbocycles. The van der Waals surface area contributed by atoms with Crippen molar-refractivity contribution in [3.05, 3.63) is 29.6 Å². The minimum absolute atomic E-state index is 0.176. The number of methoxy groups -OCH3 is 1. The molecule has 4 nitrogen and oxygen atoms in total. The summed E-state index contributed by atoms with van der Waals surface area (Å²) in [5.74, 6) is -1.30. The van der Waals surface area contributed by atoms with E-state index in [0.717, 1.165) is 13.2 Å². The van der Waals surface area contributed by atoms with Gasteiger partial charge in [-0.3, -0.25) is 0 Å². The van der Waals surface area contributed by atoms with Crippen molar-refractivity contribution >= 4 is 11.7 Å². The highest BCUT2D eigenvalue weighted by Crippen LogP contribution is 2.22. The van der Waals surface area contributed by atoms with Gasteiger partial charge in [-0.15, -0.1) is 0 Å². The first kappa shape index (κ1) is 12.4. The van der Waals surface area contributed by atoms with E-state index >= 15 is 0 Å². The van der Waals surface area contributed by atoms with Crippen LogP contribution in [0, 0.1) is 5.82 Å². The average Bonchev–Trinajstić information content (AvgIpc) is 2.26. The van der Waals surface area contributed by atoms with Crippen molar-refractivity contribution in [2.45, 2.75) is 6.10 Å². The molecule has 0 fully saturated rings. The van der Waals surface area contributed by atoms with E-state index in [1.165, 1.54) is 12.1 Å². The lowest BCUT2D eigenvalue weighted by molar-refractivity contribution is -0.150. The minimum atomic E-state index is -1.45. The van der Waals surface area contributed by atoms with Crippen molar-refractivity contribution in [3.63, 3.8) is 0 Å². The fourth-order valence-electron chi connectivity index (χ4n) is 1.30. The number of esters is 1. The second-order valence-corrected chi connectivity index (χ2v) is 3.53. The first-order chi connectivity index (χ1) is 7.47. The number of anilines is 1. The third kappa shape index (κ3) is 2.49. The normalized spacial score (nSPS) is 12.1. The molecule has 88 valence electrons. The highest BCUT2D eigenvalue weighted by atomic mass is 19.1. The van der Waals surface area contributed by atoms with Crippen LogP contribution in [0.4, 0.5) is 10.1 Å². The Morgan fingerprint density at radius 1 is 1.50 bits per heavy atom. The van der Waals surface area contributed by atoms with Gasteiger partial charge < -0.3 is 14.7 Å². The van der Waals surface area contributed by atoms with Crippen molar-refractivity contribution in [2.24, 2.45) is 0 Å². The number of halogens is 1. The number of nitrogens with zero attached hydrogens (tertiary/aromatic N) is 1. The maximum absolute atomic E-state index is 13.5. The molecule has 1 unspecified atom stereocenters. The third-order valence-electron chi connectivity index (χ3n) is 2.19. The van der Waals surface area contributed by atoms with E-state index < -0.39 is 17.9 Å². The van der Waals surface area contributed by atoms with Crippen LogP contribution in [0.5, 0.6) is 0 Å². The van der Waals surface area contributed by atoms with Crippen LogP contribution in [0.3, 0.4) is 0 Å². The summed E-state index contributed by atoms with van der Waals surface area (Å²) in [4.78, 5) is 12.6. The van der Waals surface area contributed by atoms with Gasteiger partial charge >= 0.3 is 5.97 Å². The van der Waals surface area contributed by atoms with Crippen molar-refractivity contribution in [3.8, 4) is 0 Å². The van der Waals surface area contributed by atoms with Crippen molar-refractivity contribution in [1.82, 2.24) is 0 Å². The Bertz CT molecular complexity index is 393. The van der Waals surface area contributed by atoms with Crippen molar-refractivity contribution in [2.75, 3.05) is 26.1 Å². The summed E-state index contributed by atoms with van der Waals surface area (Å²) >= 11 is 0. The Kier molecular flexibility index (Phi) is 3.84. The molecular weight excluding hydrogens is 213 g/mol. The van der Waals surface area contributed by atoms with E-state index in [9.17, 15) is 14.3 Å². The van der Waals surface area contributed by atoms with Crippen LogP contribution in [-0.4, -0.2) is 32.3 Å². The molecule has 0 saturated carbocycles. The molecule has 1 N–H and O–H groups in total. The van der Waals surface area contributed by atoms with Crippen molar-refractivity contribution < 1.29 is 19.0 Å². The van der Waals surface area contributed by atoms with Gasteiger partial charge in [0.05, 0.1) is 12.8 Å². The number of ether oxygens (including phenoxy) is 1. The quantitative estimate of drug-likeness (QED) is 0.785. The van der Waals surface area contributed by atoms with Gasteiger partial charge in [0.1, 0.15) is 5.82 Å². The molecule has 1 rings (SSSR count). The highest BCUT2D eigenvalue weighted by Gasteiger charge is 2.19. The molecule has 0 aromatic heterocycles. The van der Waals surface area contributed by atoms with E-state index in [0.29, 0.717) is 5.69 Å². The van der Waals surface area contributed by atoms with Gasteiger partial charge in [0, 0.05) is 14.1 Å². The van der Waals surface area contributed by atoms with Gasteiger partial charge in [-0.05, 0) is 17.7 Å². The molecule has 1 atom stereocenters. The van der Waals surface area contributed by atoms with Crippen LogP contribution in [0.25, 0.3) is 0 Å². The number of benzene rings is 1. The Labute approximate surface area is 93.3 Å². The van der Waals surface area contributed by atoms with Crippen LogP contribution >= 0.6 is 0 Å². The van der Waals surface area contributed by atoms with Crippen LogP contribution in [0.1, 0.15) is 11.7 Å². The zero-order valence-corrected chi connectivity index (χ0v) is 9.40. The summed E-state index contributed by atoms with van der Waals surface area (Å²) in [6.07, 6.45) is -1.45. The average molecular weight is 227 g/mol. The van der Waals surface area contributed by atoms with Crippen LogP contribution in [0.2, 0.25) is 0 Å². The van der Waals surface area contributed by atoms with E-state index in [-0.39, 0.29) is 5.56 Å². The fraction of sp³-hybridized carbons (Fsp3) is 0.364. The predicted octanol–water partition coefficient (Wildman–Crippen LogP) is 1.10. The third-order valence-corrected chi connectivity index (χ3v) is 2.19. The summed E-state index contributed by atoms with van der Waals surface area (Å²) in [6, 6.07) is 4.10. The van der Waals surface area contributed by atoms with Crippen molar-refractivity contribution in [1.29, 1.82) is 0 Å². The standard InChI is InChI=1S/C11H14FNO3/c1-13(2)9-5-4-7(6-8(9)12)10(14)11(15)16-3/h4-6,10,14H,1-3H3. The molecule has 0 saturated heterocycles. The maximum Gasteiger partial charge on any atom is 0.339 e. The molecule has 0 radical (unpaired) electrons. The largest absolute Gasteiger partial charge is 0.467 e. The first-order valence-electron chi connectivity index (χ1n) is 4.70. The molecular formula is C11H14FNO3. The van der Waals surface area contributed by atoms with Gasteiger partial charge in [-0.1, -0.05) is 6.07 Å². The summed E-state index contributed by atoms with van der Waals surface area (Å²) in [7, 11) is 4.57. The van der Waals surface area contributed by atoms with Gasteiger partial charge in [0.2, 0.25) is 0 Å². The number of hydrogen-bond donors (Lipinski definition) is 1. The van der Waals surface area contributed by atoms with E-state index in [2.05, 4.69) is 4.74 Å². The monoisotopic (exact) mass is 227 g/mol. The number of aliphatic hydroxyl groups excluding tert-OH is 1. The summed E-state index contributed by atoms with van der Waals surface area (Å²) in [5, 5.41) is 9.49. The van der Waals surface area contributed by atoms with Crippen LogP contribution in [-0.2, 0) is 9.53 Å². The maximum atomic E-state index is 13.5. The topological polar surface area (TPSA) is 49.8 Å². The van der Waals surface area contributed by atoms with Gasteiger partial charge in [-0.2, -0.15) is 0 Å². The van der Waals surface area contributed by atoms with E-state index in [1.54, 1.807) is 19.0 Å². The summed E-state index contributed by atoms with van der Waals surface area (Å²) in [6.45, 7) is 0. The smallest absolute Gasteiger partial charge is 0.339 e. The zero-order valence-electron chi connectivity index (χ0n) is 9.40. The molecule has 5 heteroatoms. The van der Waals surface area contributed by atoms with E-state index in [4.69, 9.17) is 0 Å². The second kappa shape index (κ2) is 4.94. The second-order valence-electron chi connectivity index (χ2n) is 3.53. The summed E-state index contributed by atoms with van der Waals surface area (Å²) in [5.41, 5.74) is 0.566. The van der Waals surface area contributed by atoms with E-state index in [1.807, 2.05) is 0 Å². The predicted molar refractivity (Wildman–Crippen MR) is 57.7 cm³/mol. The lowest BCUT2D eigenvalue weighted by Gasteiger charge is -2.15. The van der Waals surface area contributed by atoms with Crippen LogP contribution < -0.4 is 4.90 Å². The molecule has 1 aromatic rings. The van der Waals surface area contributed by atoms with Gasteiger partial charge in [0.15, 0.2) is 6.10 Å². The molecule has 16 heavy (non-hydrogen) atoms. The molecule has 0 aliphatic carbocycles. The Morgan fingerprint density at radius 3 is 2.56 bits per heavy atom. The number of carbonyl (C=O) groups excluding carboxylic acids is 1. The lowest BCUT2D eigenvalue weighted by atomic mass is 10.1. The number of rotatable bonds is 3. The molecule has 0 heterocycles. The van der Waals surface area contributed by atoms with Gasteiger partial charge in [-0.25, -0.2) is 9.18 Å². The molecule has 0 aliphatic heterocycles. The lowest BCUT2D eigenvalue weighted by Crippen LogP contribution is -2.15. The number of carbonyl (C=O) groups is 1. The highest BCUT2D eigenvalue weighted by molar-refractivity contribution is 5.76. The summed E-state index contributed by atoms with van der Waals surface area (Å²) < 4.78 is 17.9.